The molecule has 4 rings (SSSR count). The molecule has 1 aliphatic carbocycles. The Morgan fingerprint density at radius 3 is 2.68 bits per heavy atom. The van der Waals surface area contributed by atoms with Gasteiger partial charge in [0.05, 0.1) is 0 Å². The maximum atomic E-state index is 12.3. The molecule has 2 aromatic rings. The number of ether oxygens (including phenoxy) is 2. The molecule has 28 heavy (non-hydrogen) atoms. The predicted molar refractivity (Wildman–Crippen MR) is 111 cm³/mol. The lowest BCUT2D eigenvalue weighted by Crippen LogP contribution is -2.12. The number of fused-ring (bicyclic) bond motifs is 1. The van der Waals surface area contributed by atoms with E-state index in [9.17, 15) is 4.79 Å². The number of hydrogen-bond donors (Lipinski definition) is 0. The molecule has 0 aromatic heterocycles. The molecule has 3 nitrogen and oxygen atoms in total. The fraction of sp³-hybridized carbons (Fsp3) is 0.400. The number of hydrogen-bond acceptors (Lipinski definition) is 3. The monoisotopic (exact) mass is 376 g/mol. The van der Waals surface area contributed by atoms with Gasteiger partial charge in [0.2, 0.25) is 0 Å². The van der Waals surface area contributed by atoms with Gasteiger partial charge in [0.15, 0.2) is 5.78 Å². The van der Waals surface area contributed by atoms with Crippen molar-refractivity contribution in [3.8, 4) is 5.75 Å². The van der Waals surface area contributed by atoms with Crippen molar-refractivity contribution < 1.29 is 14.3 Å². The molecule has 0 N–H and O–H groups in total. The highest BCUT2D eigenvalue weighted by Gasteiger charge is 2.20. The lowest BCUT2D eigenvalue weighted by molar-refractivity contribution is -0.114. The lowest BCUT2D eigenvalue weighted by atomic mass is 9.86. The van der Waals surface area contributed by atoms with E-state index in [1.807, 2.05) is 30.3 Å². The number of allylic oxidation sites excluding steroid dienone is 1. The zero-order valence-electron chi connectivity index (χ0n) is 16.4. The summed E-state index contributed by atoms with van der Waals surface area (Å²) in [5, 5.41) is 0. The predicted octanol–water partition coefficient (Wildman–Crippen LogP) is 5.69. The average molecular weight is 376 g/mol. The number of para-hydroxylation sites is 1. The Morgan fingerprint density at radius 1 is 0.893 bits per heavy atom. The first-order valence-electron chi connectivity index (χ1n) is 10.5. The Kier molecular flexibility index (Phi) is 6.23. The number of carbonyl (C=O) groups excluding carboxylic acids is 1. The van der Waals surface area contributed by atoms with Crippen LogP contribution in [-0.2, 0) is 16.0 Å². The molecule has 2 aromatic carbocycles. The molecular weight excluding hydrogens is 348 g/mol. The molecular formula is C25H28O3. The first-order valence-corrected chi connectivity index (χ1v) is 10.5. The highest BCUT2D eigenvalue weighted by molar-refractivity contribution is 5.96. The minimum atomic E-state index is 0.140. The normalized spacial score (nSPS) is 20.8. The smallest absolute Gasteiger partial charge is 0.159 e. The van der Waals surface area contributed by atoms with Gasteiger partial charge in [-0.05, 0) is 67.3 Å². The Balaban J connectivity index is 1.69. The Labute approximate surface area is 167 Å². The first-order chi connectivity index (χ1) is 13.8. The highest BCUT2D eigenvalue weighted by Crippen LogP contribution is 2.33. The van der Waals surface area contributed by atoms with E-state index in [1.165, 1.54) is 24.0 Å². The average Bonchev–Trinajstić information content (AvgIpc) is 2.67. The van der Waals surface area contributed by atoms with Crippen molar-refractivity contribution in [2.45, 2.75) is 50.9 Å². The molecule has 0 saturated carbocycles. The van der Waals surface area contributed by atoms with Gasteiger partial charge in [-0.2, -0.15) is 0 Å². The molecule has 1 unspecified atom stereocenters. The van der Waals surface area contributed by atoms with Crippen molar-refractivity contribution >= 4 is 11.5 Å². The number of carbonyl (C=O) groups is 1. The number of ketones is 1. The zero-order valence-corrected chi connectivity index (χ0v) is 16.4. The van der Waals surface area contributed by atoms with Crippen molar-refractivity contribution in [1.29, 1.82) is 0 Å². The molecule has 0 amide bonds. The highest BCUT2D eigenvalue weighted by atomic mass is 16.5. The fourth-order valence-electron chi connectivity index (χ4n) is 4.14. The molecule has 0 bridgehead atoms. The van der Waals surface area contributed by atoms with Crippen molar-refractivity contribution in [3.05, 3.63) is 71.3 Å². The van der Waals surface area contributed by atoms with Gasteiger partial charge >= 0.3 is 0 Å². The zero-order chi connectivity index (χ0) is 19.2. The minimum Gasteiger partial charge on any atom is -0.457 e. The van der Waals surface area contributed by atoms with Crippen LogP contribution in [0.5, 0.6) is 5.75 Å². The second-order valence-corrected chi connectivity index (χ2v) is 7.75. The molecule has 1 aliphatic heterocycles. The van der Waals surface area contributed by atoms with E-state index >= 15 is 0 Å². The van der Waals surface area contributed by atoms with Gasteiger partial charge in [-0.15, -0.1) is 0 Å². The van der Waals surface area contributed by atoms with Crippen LogP contribution in [0.15, 0.2) is 54.6 Å². The van der Waals surface area contributed by atoms with Crippen LogP contribution in [0, 0.1) is 0 Å². The number of rotatable bonds is 3. The van der Waals surface area contributed by atoms with Crippen LogP contribution in [0.2, 0.25) is 0 Å². The van der Waals surface area contributed by atoms with Gasteiger partial charge in [-0.1, -0.05) is 36.8 Å². The SMILES string of the molecule is O=C1C=C(Oc2ccccc2)c2cc(C3CCCCOCC3)ccc2CCC1. The maximum absolute atomic E-state index is 12.3. The van der Waals surface area contributed by atoms with E-state index < -0.39 is 0 Å². The van der Waals surface area contributed by atoms with E-state index in [-0.39, 0.29) is 5.78 Å². The Hall–Kier alpha value is -2.39. The summed E-state index contributed by atoms with van der Waals surface area (Å²) in [5.74, 6) is 2.08. The van der Waals surface area contributed by atoms with E-state index in [1.54, 1.807) is 6.08 Å². The van der Waals surface area contributed by atoms with Crippen molar-refractivity contribution in [1.82, 2.24) is 0 Å². The van der Waals surface area contributed by atoms with Crippen LogP contribution in [0.25, 0.3) is 5.76 Å². The summed E-state index contributed by atoms with van der Waals surface area (Å²) in [5.41, 5.74) is 3.66. The van der Waals surface area contributed by atoms with E-state index in [0.717, 1.165) is 50.2 Å². The molecule has 1 fully saturated rings. The maximum Gasteiger partial charge on any atom is 0.159 e. The molecule has 1 saturated heterocycles. The molecule has 1 atom stereocenters. The van der Waals surface area contributed by atoms with E-state index in [2.05, 4.69) is 18.2 Å². The summed E-state index contributed by atoms with van der Waals surface area (Å²) in [6, 6.07) is 16.5. The summed E-state index contributed by atoms with van der Waals surface area (Å²) in [7, 11) is 0. The van der Waals surface area contributed by atoms with Crippen LogP contribution in [0.3, 0.4) is 0 Å². The molecule has 1 heterocycles. The van der Waals surface area contributed by atoms with Gasteiger partial charge in [0, 0.05) is 31.3 Å². The topological polar surface area (TPSA) is 35.5 Å². The summed E-state index contributed by atoms with van der Waals surface area (Å²) >= 11 is 0. The lowest BCUT2D eigenvalue weighted by Gasteiger charge is -2.23. The summed E-state index contributed by atoms with van der Waals surface area (Å²) in [6.07, 6.45) is 8.64. The molecule has 3 heteroatoms. The van der Waals surface area contributed by atoms with Crippen LogP contribution in [0.4, 0.5) is 0 Å². The Bertz CT molecular complexity index is 830. The van der Waals surface area contributed by atoms with Crippen LogP contribution >= 0.6 is 0 Å². The summed E-state index contributed by atoms with van der Waals surface area (Å²) in [4.78, 5) is 12.3. The number of benzene rings is 2. The first kappa shape index (κ1) is 18.9. The third-order valence-electron chi connectivity index (χ3n) is 5.71. The van der Waals surface area contributed by atoms with Crippen LogP contribution in [0.1, 0.15) is 61.1 Å². The van der Waals surface area contributed by atoms with Gasteiger partial charge in [-0.25, -0.2) is 0 Å². The van der Waals surface area contributed by atoms with Crippen molar-refractivity contribution in [3.63, 3.8) is 0 Å². The minimum absolute atomic E-state index is 0.140. The molecule has 2 aliphatic rings. The van der Waals surface area contributed by atoms with Gasteiger partial charge < -0.3 is 9.47 Å². The quantitative estimate of drug-likeness (QED) is 0.691. The van der Waals surface area contributed by atoms with Gasteiger partial charge in [0.25, 0.3) is 0 Å². The van der Waals surface area contributed by atoms with Crippen molar-refractivity contribution in [2.75, 3.05) is 13.2 Å². The Morgan fingerprint density at radius 2 is 1.79 bits per heavy atom. The third-order valence-corrected chi connectivity index (χ3v) is 5.71. The van der Waals surface area contributed by atoms with E-state index in [0.29, 0.717) is 18.1 Å². The second-order valence-electron chi connectivity index (χ2n) is 7.75. The van der Waals surface area contributed by atoms with Crippen molar-refractivity contribution in [2.24, 2.45) is 0 Å². The molecule has 0 radical (unpaired) electrons. The molecule has 0 spiro atoms. The fourth-order valence-corrected chi connectivity index (χ4v) is 4.14. The second kappa shape index (κ2) is 9.20. The third kappa shape index (κ3) is 4.71. The standard InChI is InChI=1S/C25H28O3/c26-22-9-6-8-20-12-13-21(19-7-4-5-15-27-16-14-19)17-24(20)25(18-22)28-23-10-2-1-3-11-23/h1-3,10-13,17-19H,4-9,14-16H2. The molecule has 146 valence electrons. The largest absolute Gasteiger partial charge is 0.457 e. The van der Waals surface area contributed by atoms with Crippen LogP contribution < -0.4 is 4.74 Å². The van der Waals surface area contributed by atoms with Crippen LogP contribution in [-0.4, -0.2) is 19.0 Å². The summed E-state index contributed by atoms with van der Waals surface area (Å²) in [6.45, 7) is 1.71. The van der Waals surface area contributed by atoms with Gasteiger partial charge in [-0.3, -0.25) is 4.79 Å². The van der Waals surface area contributed by atoms with Gasteiger partial charge in [0.1, 0.15) is 11.5 Å². The summed E-state index contributed by atoms with van der Waals surface area (Å²) < 4.78 is 11.9. The van der Waals surface area contributed by atoms with E-state index in [4.69, 9.17) is 9.47 Å². The number of aryl methyl sites for hydroxylation is 1.